The Balaban J connectivity index is 2.39. The normalized spacial score (nSPS) is 21.4. The third-order valence-electron chi connectivity index (χ3n) is 2.27. The Morgan fingerprint density at radius 2 is 1.80 bits per heavy atom. The van der Waals surface area contributed by atoms with Crippen LogP contribution in [0.1, 0.15) is 33.1 Å². The van der Waals surface area contributed by atoms with E-state index in [0.29, 0.717) is 0 Å². The van der Waals surface area contributed by atoms with E-state index in [-0.39, 0.29) is 0 Å². The predicted molar refractivity (Wildman–Crippen MR) is 44.9 cm³/mol. The maximum absolute atomic E-state index is 2.48. The van der Waals surface area contributed by atoms with Gasteiger partial charge in [0.1, 0.15) is 0 Å². The Kier molecular flexibility index (Phi) is 2.79. The van der Waals surface area contributed by atoms with Gasteiger partial charge in [0.15, 0.2) is 0 Å². The molecule has 0 spiro atoms. The third kappa shape index (κ3) is 1.76. The predicted octanol–water partition coefficient (Wildman–Crippen LogP) is 2.40. The van der Waals surface area contributed by atoms with Gasteiger partial charge in [-0.15, -0.1) is 0 Å². The molecular formula is C9H17N. The van der Waals surface area contributed by atoms with Crippen molar-refractivity contribution >= 4 is 0 Å². The highest BCUT2D eigenvalue weighted by atomic mass is 15.1. The van der Waals surface area contributed by atoms with Crippen LogP contribution < -0.4 is 0 Å². The lowest BCUT2D eigenvalue weighted by Gasteiger charge is -2.29. The van der Waals surface area contributed by atoms with Gasteiger partial charge < -0.3 is 4.90 Å². The number of hydrogen-bond acceptors (Lipinski definition) is 1. The number of rotatable bonds is 1. The van der Waals surface area contributed by atoms with E-state index >= 15 is 0 Å². The van der Waals surface area contributed by atoms with E-state index in [9.17, 15) is 0 Å². The van der Waals surface area contributed by atoms with Gasteiger partial charge in [-0.3, -0.25) is 0 Å². The number of likely N-dealkylation sites (tertiary alicyclic amines) is 1. The third-order valence-corrected chi connectivity index (χ3v) is 2.27. The van der Waals surface area contributed by atoms with Gasteiger partial charge in [-0.2, -0.15) is 0 Å². The number of piperidine rings is 1. The van der Waals surface area contributed by atoms with Gasteiger partial charge in [0, 0.05) is 18.8 Å². The summed E-state index contributed by atoms with van der Waals surface area (Å²) in [5.41, 5.74) is 1.44. The van der Waals surface area contributed by atoms with E-state index in [2.05, 4.69) is 24.8 Å². The summed E-state index contributed by atoms with van der Waals surface area (Å²) < 4.78 is 0. The van der Waals surface area contributed by atoms with Crippen LogP contribution in [0.15, 0.2) is 11.8 Å². The van der Waals surface area contributed by atoms with Crippen molar-refractivity contribution in [2.24, 2.45) is 0 Å². The number of hydrogen-bond donors (Lipinski definition) is 0. The van der Waals surface area contributed by atoms with Crippen molar-refractivity contribution in [3.8, 4) is 0 Å². The molecule has 0 aromatic rings. The van der Waals surface area contributed by atoms with E-state index in [0.717, 1.165) is 0 Å². The van der Waals surface area contributed by atoms with Crippen LogP contribution in [0.4, 0.5) is 0 Å². The molecule has 58 valence electrons. The lowest BCUT2D eigenvalue weighted by Crippen LogP contribution is -2.27. The molecular weight excluding hydrogens is 122 g/mol. The van der Waals surface area contributed by atoms with Gasteiger partial charge in [-0.05, 0) is 33.1 Å². The van der Waals surface area contributed by atoms with E-state index < -0.39 is 0 Å². The molecule has 10 heavy (non-hydrogen) atoms. The maximum Gasteiger partial charge on any atom is 0.0174 e. The minimum atomic E-state index is 1.27. The zero-order chi connectivity index (χ0) is 7.40. The van der Waals surface area contributed by atoms with Crippen molar-refractivity contribution in [1.29, 1.82) is 0 Å². The number of allylic oxidation sites excluding steroid dienone is 2. The standard InChI is InChI=1S/C9H17N/c1-3-9(2)10-7-5-4-6-8-10/h3H,4-8H2,1-2H3/b9-3-. The highest BCUT2D eigenvalue weighted by Gasteiger charge is 2.08. The van der Waals surface area contributed by atoms with E-state index in [1.54, 1.807) is 0 Å². The van der Waals surface area contributed by atoms with Gasteiger partial charge in [-0.25, -0.2) is 0 Å². The molecule has 1 heteroatoms. The fraction of sp³-hybridized carbons (Fsp3) is 0.778. The van der Waals surface area contributed by atoms with Gasteiger partial charge >= 0.3 is 0 Å². The monoisotopic (exact) mass is 139 g/mol. The molecule has 0 radical (unpaired) electrons. The maximum atomic E-state index is 2.48. The SMILES string of the molecule is C/C=C(/C)N1CCCCC1. The smallest absolute Gasteiger partial charge is 0.0174 e. The van der Waals surface area contributed by atoms with Crippen LogP contribution in [-0.2, 0) is 0 Å². The first kappa shape index (κ1) is 7.64. The molecule has 0 aromatic heterocycles. The lowest BCUT2D eigenvalue weighted by molar-refractivity contribution is 0.285. The average Bonchev–Trinajstić information content (AvgIpc) is 2.05. The van der Waals surface area contributed by atoms with Crippen molar-refractivity contribution in [3.05, 3.63) is 11.8 Å². The van der Waals surface area contributed by atoms with Gasteiger partial charge in [0.2, 0.25) is 0 Å². The van der Waals surface area contributed by atoms with Crippen LogP contribution in [0.3, 0.4) is 0 Å². The Labute approximate surface area is 63.7 Å². The second-order valence-corrected chi connectivity index (χ2v) is 2.98. The first-order chi connectivity index (χ1) is 4.84. The topological polar surface area (TPSA) is 3.24 Å². The lowest BCUT2D eigenvalue weighted by atomic mass is 10.1. The molecule has 1 rings (SSSR count). The summed E-state index contributed by atoms with van der Waals surface area (Å²) in [5.74, 6) is 0. The van der Waals surface area contributed by atoms with Crippen LogP contribution in [0.2, 0.25) is 0 Å². The highest BCUT2D eigenvalue weighted by Crippen LogP contribution is 2.13. The Bertz CT molecular complexity index is 121. The fourth-order valence-electron chi connectivity index (χ4n) is 1.43. The molecule has 0 aromatic carbocycles. The zero-order valence-corrected chi connectivity index (χ0v) is 7.06. The second kappa shape index (κ2) is 3.65. The molecule has 0 aliphatic carbocycles. The molecule has 0 atom stereocenters. The minimum absolute atomic E-state index is 1.27. The fourth-order valence-corrected chi connectivity index (χ4v) is 1.43. The minimum Gasteiger partial charge on any atom is -0.375 e. The molecule has 0 amide bonds. The van der Waals surface area contributed by atoms with Crippen LogP contribution >= 0.6 is 0 Å². The summed E-state index contributed by atoms with van der Waals surface area (Å²) in [7, 11) is 0. The van der Waals surface area contributed by atoms with Gasteiger partial charge in [-0.1, -0.05) is 6.08 Å². The van der Waals surface area contributed by atoms with E-state index in [1.165, 1.54) is 38.0 Å². The first-order valence-electron chi connectivity index (χ1n) is 4.22. The van der Waals surface area contributed by atoms with Crippen molar-refractivity contribution in [1.82, 2.24) is 4.90 Å². The Morgan fingerprint density at radius 3 is 2.30 bits per heavy atom. The highest BCUT2D eigenvalue weighted by molar-refractivity contribution is 4.95. The first-order valence-corrected chi connectivity index (χ1v) is 4.22. The molecule has 1 aliphatic heterocycles. The molecule has 1 saturated heterocycles. The molecule has 1 nitrogen and oxygen atoms in total. The summed E-state index contributed by atoms with van der Waals surface area (Å²) >= 11 is 0. The molecule has 1 heterocycles. The summed E-state index contributed by atoms with van der Waals surface area (Å²) in [6, 6.07) is 0. The summed E-state index contributed by atoms with van der Waals surface area (Å²) in [6.07, 6.45) is 6.38. The van der Waals surface area contributed by atoms with E-state index in [1.807, 2.05) is 0 Å². The van der Waals surface area contributed by atoms with Gasteiger partial charge in [0.25, 0.3) is 0 Å². The van der Waals surface area contributed by atoms with Crippen molar-refractivity contribution in [2.45, 2.75) is 33.1 Å². The molecule has 0 saturated carbocycles. The second-order valence-electron chi connectivity index (χ2n) is 2.98. The van der Waals surface area contributed by atoms with E-state index in [4.69, 9.17) is 0 Å². The van der Waals surface area contributed by atoms with Crippen LogP contribution in [0, 0.1) is 0 Å². The summed E-state index contributed by atoms with van der Waals surface area (Å²) in [5, 5.41) is 0. The van der Waals surface area contributed by atoms with Crippen LogP contribution in [0.25, 0.3) is 0 Å². The molecule has 1 fully saturated rings. The number of nitrogens with zero attached hydrogens (tertiary/aromatic N) is 1. The quantitative estimate of drug-likeness (QED) is 0.539. The van der Waals surface area contributed by atoms with Crippen LogP contribution in [-0.4, -0.2) is 18.0 Å². The average molecular weight is 139 g/mol. The summed E-state index contributed by atoms with van der Waals surface area (Å²) in [6.45, 7) is 6.86. The molecule has 0 bridgehead atoms. The molecule has 0 N–H and O–H groups in total. The summed E-state index contributed by atoms with van der Waals surface area (Å²) in [4.78, 5) is 2.48. The van der Waals surface area contributed by atoms with Crippen molar-refractivity contribution in [3.63, 3.8) is 0 Å². The van der Waals surface area contributed by atoms with Crippen LogP contribution in [0.5, 0.6) is 0 Å². The van der Waals surface area contributed by atoms with Gasteiger partial charge in [0.05, 0.1) is 0 Å². The largest absolute Gasteiger partial charge is 0.375 e. The molecule has 1 aliphatic rings. The van der Waals surface area contributed by atoms with Crippen molar-refractivity contribution < 1.29 is 0 Å². The Hall–Kier alpha value is -0.460. The van der Waals surface area contributed by atoms with Crippen molar-refractivity contribution in [2.75, 3.05) is 13.1 Å². The molecule has 0 unspecified atom stereocenters. The zero-order valence-electron chi connectivity index (χ0n) is 7.06. The Morgan fingerprint density at radius 1 is 1.20 bits per heavy atom.